The SMILES string of the molecule is COc1ccc(CC[NH+](C)CCCCl)cc1OC.O=C([O-])C(=O)[O-]. The number of halogens is 1. The summed E-state index contributed by atoms with van der Waals surface area (Å²) < 4.78 is 10.5. The van der Waals surface area contributed by atoms with Gasteiger partial charge in [0.2, 0.25) is 0 Å². The summed E-state index contributed by atoms with van der Waals surface area (Å²) in [5.41, 5.74) is 1.28. The van der Waals surface area contributed by atoms with Crippen molar-refractivity contribution < 1.29 is 34.2 Å². The zero-order chi connectivity index (χ0) is 18.5. The van der Waals surface area contributed by atoms with Crippen molar-refractivity contribution in [1.82, 2.24) is 0 Å². The molecule has 1 unspecified atom stereocenters. The quantitative estimate of drug-likeness (QED) is 0.420. The number of likely N-dealkylation sites (N-methyl/N-ethyl adjacent to an activating group) is 1. The second-order valence-corrected chi connectivity index (χ2v) is 5.39. The minimum Gasteiger partial charge on any atom is -0.543 e. The summed E-state index contributed by atoms with van der Waals surface area (Å²) in [6, 6.07) is 6.10. The van der Waals surface area contributed by atoms with Crippen molar-refractivity contribution in [1.29, 1.82) is 0 Å². The Morgan fingerprint density at radius 3 is 2.12 bits per heavy atom. The minimum atomic E-state index is -2.19. The van der Waals surface area contributed by atoms with Gasteiger partial charge in [-0.05, 0) is 17.7 Å². The van der Waals surface area contributed by atoms with Gasteiger partial charge < -0.3 is 34.2 Å². The van der Waals surface area contributed by atoms with Gasteiger partial charge in [0.1, 0.15) is 0 Å². The molecule has 0 aliphatic carbocycles. The van der Waals surface area contributed by atoms with Crippen LogP contribution in [-0.4, -0.2) is 52.2 Å². The van der Waals surface area contributed by atoms with Crippen molar-refractivity contribution >= 4 is 23.5 Å². The molecule has 0 amide bonds. The number of hydrogen-bond donors (Lipinski definition) is 1. The smallest absolute Gasteiger partial charge is 0.160 e. The monoisotopic (exact) mass is 360 g/mol. The number of hydrogen-bond acceptors (Lipinski definition) is 6. The van der Waals surface area contributed by atoms with E-state index < -0.39 is 11.9 Å². The molecule has 1 aromatic rings. The summed E-state index contributed by atoms with van der Waals surface area (Å²) in [6.45, 7) is 2.23. The van der Waals surface area contributed by atoms with Crippen LogP contribution in [0.5, 0.6) is 11.5 Å². The normalized spacial score (nSPS) is 11.0. The van der Waals surface area contributed by atoms with Crippen molar-refractivity contribution in [2.24, 2.45) is 0 Å². The maximum Gasteiger partial charge on any atom is 0.160 e. The van der Waals surface area contributed by atoms with E-state index in [2.05, 4.69) is 13.1 Å². The Morgan fingerprint density at radius 1 is 1.08 bits per heavy atom. The number of carbonyl (C=O) groups is 2. The fraction of sp³-hybridized carbons (Fsp3) is 0.500. The Labute approximate surface area is 146 Å². The van der Waals surface area contributed by atoms with Crippen LogP contribution >= 0.6 is 11.6 Å². The van der Waals surface area contributed by atoms with Crippen molar-refractivity contribution in [2.45, 2.75) is 12.8 Å². The molecule has 0 saturated carbocycles. The molecule has 1 aromatic carbocycles. The lowest BCUT2D eigenvalue weighted by atomic mass is 10.1. The first-order valence-corrected chi connectivity index (χ1v) is 7.89. The molecule has 0 saturated heterocycles. The highest BCUT2D eigenvalue weighted by Gasteiger charge is 2.06. The third-order valence-corrected chi connectivity index (χ3v) is 3.46. The second kappa shape index (κ2) is 12.4. The summed E-state index contributed by atoms with van der Waals surface area (Å²) in [4.78, 5) is 19.4. The van der Waals surface area contributed by atoms with E-state index in [0.717, 1.165) is 43.3 Å². The van der Waals surface area contributed by atoms with E-state index in [0.29, 0.717) is 0 Å². The summed E-state index contributed by atoms with van der Waals surface area (Å²) in [7, 11) is 5.52. The van der Waals surface area contributed by atoms with Crippen LogP contribution in [-0.2, 0) is 16.0 Å². The average molecular weight is 361 g/mol. The largest absolute Gasteiger partial charge is 0.543 e. The maximum absolute atomic E-state index is 8.93. The Bertz CT molecular complexity index is 511. The van der Waals surface area contributed by atoms with Crippen LogP contribution in [0.15, 0.2) is 18.2 Å². The van der Waals surface area contributed by atoms with Crippen LogP contribution in [0.4, 0.5) is 0 Å². The Balaban J connectivity index is 0.000000754. The number of methoxy groups -OCH3 is 2. The zero-order valence-electron chi connectivity index (χ0n) is 14.1. The molecular weight excluding hydrogens is 338 g/mol. The van der Waals surface area contributed by atoms with Gasteiger partial charge in [0.15, 0.2) is 11.5 Å². The number of aliphatic carboxylic acids is 2. The van der Waals surface area contributed by atoms with Crippen LogP contribution in [0.3, 0.4) is 0 Å². The number of carboxylic acid groups (broad SMARTS) is 2. The number of carboxylic acids is 2. The van der Waals surface area contributed by atoms with Crippen LogP contribution in [0.25, 0.3) is 0 Å². The van der Waals surface area contributed by atoms with Gasteiger partial charge in [-0.15, -0.1) is 11.6 Å². The Kier molecular flexibility index (Phi) is 11.4. The van der Waals surface area contributed by atoms with E-state index in [1.165, 1.54) is 10.5 Å². The molecule has 0 spiro atoms. The first-order valence-electron chi connectivity index (χ1n) is 7.36. The van der Waals surface area contributed by atoms with Gasteiger partial charge in [0.25, 0.3) is 0 Å². The highest BCUT2D eigenvalue weighted by molar-refractivity contribution is 6.25. The first-order chi connectivity index (χ1) is 11.3. The number of ether oxygens (including phenoxy) is 2. The molecule has 1 N–H and O–H groups in total. The number of quaternary nitrogens is 1. The lowest BCUT2D eigenvalue weighted by molar-refractivity contribution is -0.879. The second-order valence-electron chi connectivity index (χ2n) is 5.01. The lowest BCUT2D eigenvalue weighted by Gasteiger charge is -2.14. The average Bonchev–Trinajstić information content (AvgIpc) is 2.58. The standard InChI is InChI=1S/C14H22ClNO2.C2H2O4/c1-16(9-4-8-15)10-7-12-5-6-13(17-2)14(11-12)18-3;3-1(4)2(5)6/h5-6,11H,4,7-10H2,1-3H3;(H,3,4)(H,5,6)/p-1. The molecule has 24 heavy (non-hydrogen) atoms. The Hall–Kier alpha value is -1.99. The first kappa shape index (κ1) is 22.0. The van der Waals surface area contributed by atoms with E-state index >= 15 is 0 Å². The molecule has 8 heteroatoms. The van der Waals surface area contributed by atoms with Gasteiger partial charge in [0.05, 0.1) is 46.3 Å². The number of carbonyl (C=O) groups excluding carboxylic acids is 2. The molecule has 0 bridgehead atoms. The summed E-state index contributed by atoms with van der Waals surface area (Å²) >= 11 is 5.69. The maximum atomic E-state index is 8.93. The number of benzene rings is 1. The van der Waals surface area contributed by atoms with Crippen LogP contribution in [0.1, 0.15) is 12.0 Å². The predicted octanol–water partition coefficient (Wildman–Crippen LogP) is -2.12. The van der Waals surface area contributed by atoms with E-state index in [9.17, 15) is 0 Å². The number of nitrogens with one attached hydrogen (secondary N) is 1. The van der Waals surface area contributed by atoms with Crippen LogP contribution in [0.2, 0.25) is 0 Å². The zero-order valence-corrected chi connectivity index (χ0v) is 14.9. The lowest BCUT2D eigenvalue weighted by Crippen LogP contribution is -3.09. The molecule has 0 heterocycles. The highest BCUT2D eigenvalue weighted by atomic mass is 35.5. The van der Waals surface area contributed by atoms with Crippen molar-refractivity contribution in [3.63, 3.8) is 0 Å². The predicted molar refractivity (Wildman–Crippen MR) is 85.2 cm³/mol. The summed E-state index contributed by atoms with van der Waals surface area (Å²) in [6.07, 6.45) is 2.10. The van der Waals surface area contributed by atoms with Gasteiger partial charge in [-0.1, -0.05) is 6.07 Å². The van der Waals surface area contributed by atoms with Crippen molar-refractivity contribution in [3.8, 4) is 11.5 Å². The minimum absolute atomic E-state index is 0.744. The van der Waals surface area contributed by atoms with E-state index in [-0.39, 0.29) is 0 Å². The summed E-state index contributed by atoms with van der Waals surface area (Å²) in [5, 5.41) is 17.9. The molecule has 7 nitrogen and oxygen atoms in total. The van der Waals surface area contributed by atoms with E-state index in [1.807, 2.05) is 12.1 Å². The third-order valence-electron chi connectivity index (χ3n) is 3.19. The van der Waals surface area contributed by atoms with Gasteiger partial charge in [0, 0.05) is 18.7 Å². The molecule has 136 valence electrons. The Morgan fingerprint density at radius 2 is 1.67 bits per heavy atom. The van der Waals surface area contributed by atoms with Gasteiger partial charge in [-0.2, -0.15) is 0 Å². The molecule has 1 atom stereocenters. The summed E-state index contributed by atoms with van der Waals surface area (Å²) in [5.74, 6) is -2.05. The third kappa shape index (κ3) is 9.22. The van der Waals surface area contributed by atoms with E-state index in [4.69, 9.17) is 40.9 Å². The highest BCUT2D eigenvalue weighted by Crippen LogP contribution is 2.27. The molecule has 0 aliphatic heterocycles. The fourth-order valence-corrected chi connectivity index (χ4v) is 2.02. The van der Waals surface area contributed by atoms with Gasteiger partial charge in [-0.3, -0.25) is 0 Å². The number of alkyl halides is 1. The van der Waals surface area contributed by atoms with Crippen LogP contribution < -0.4 is 24.6 Å². The molecular formula is C16H23ClNO6-. The molecule has 1 rings (SSSR count). The fourth-order valence-electron chi connectivity index (χ4n) is 1.89. The van der Waals surface area contributed by atoms with Gasteiger partial charge >= 0.3 is 0 Å². The van der Waals surface area contributed by atoms with E-state index in [1.54, 1.807) is 14.2 Å². The molecule has 0 aromatic heterocycles. The molecule has 0 fully saturated rings. The van der Waals surface area contributed by atoms with Crippen LogP contribution in [0, 0.1) is 0 Å². The van der Waals surface area contributed by atoms with Crippen molar-refractivity contribution in [3.05, 3.63) is 23.8 Å². The molecule has 0 radical (unpaired) electrons. The topological polar surface area (TPSA) is 103 Å². The van der Waals surface area contributed by atoms with Crippen molar-refractivity contribution in [2.75, 3.05) is 40.2 Å². The molecule has 0 aliphatic rings. The number of rotatable bonds is 8. The van der Waals surface area contributed by atoms with Gasteiger partial charge in [-0.25, -0.2) is 0 Å².